The summed E-state index contributed by atoms with van der Waals surface area (Å²) < 4.78 is 11.2. The second-order valence-corrected chi connectivity index (χ2v) is 7.16. The molecular formula is C18H11Cl3O3S. The van der Waals surface area contributed by atoms with Crippen molar-refractivity contribution in [1.29, 1.82) is 0 Å². The predicted octanol–water partition coefficient (Wildman–Crippen LogP) is 6.78. The van der Waals surface area contributed by atoms with Gasteiger partial charge in [-0.3, -0.25) is 4.79 Å². The van der Waals surface area contributed by atoms with Gasteiger partial charge in [-0.05, 0) is 47.9 Å². The van der Waals surface area contributed by atoms with Gasteiger partial charge in [-0.15, -0.1) is 11.3 Å². The average molecular weight is 414 g/mol. The van der Waals surface area contributed by atoms with Crippen LogP contribution >= 0.6 is 46.1 Å². The second kappa shape index (κ2) is 8.11. The summed E-state index contributed by atoms with van der Waals surface area (Å²) in [6.45, 7) is 0.147. The summed E-state index contributed by atoms with van der Waals surface area (Å²) in [5, 5.41) is 2.94. The number of carbonyl (C=O) groups excluding carboxylic acids is 1. The number of hydrogen-bond acceptors (Lipinski definition) is 4. The number of furan rings is 1. The van der Waals surface area contributed by atoms with E-state index in [-0.39, 0.29) is 12.4 Å². The molecular weight excluding hydrogens is 403 g/mol. The molecule has 3 aromatic rings. The van der Waals surface area contributed by atoms with Crippen molar-refractivity contribution >= 4 is 58.0 Å². The van der Waals surface area contributed by atoms with Crippen LogP contribution in [0.15, 0.2) is 52.3 Å². The Labute approximate surface area is 163 Å². The quantitative estimate of drug-likeness (QED) is 0.330. The molecule has 0 aliphatic heterocycles. The number of carbonyl (C=O) groups is 1. The first-order valence-electron chi connectivity index (χ1n) is 7.15. The molecule has 1 aromatic carbocycles. The molecule has 0 unspecified atom stereocenters. The lowest BCUT2D eigenvalue weighted by Crippen LogP contribution is -1.95. The summed E-state index contributed by atoms with van der Waals surface area (Å²) in [5.74, 6) is 1.40. The van der Waals surface area contributed by atoms with Crippen LogP contribution in [-0.4, -0.2) is 5.78 Å². The fraction of sp³-hybridized carbons (Fsp3) is 0.0556. The third kappa shape index (κ3) is 4.67. The highest BCUT2D eigenvalue weighted by Gasteiger charge is 2.11. The van der Waals surface area contributed by atoms with E-state index in [0.29, 0.717) is 37.2 Å². The van der Waals surface area contributed by atoms with Crippen LogP contribution in [0.25, 0.3) is 6.08 Å². The van der Waals surface area contributed by atoms with Crippen molar-refractivity contribution in [1.82, 2.24) is 0 Å². The van der Waals surface area contributed by atoms with E-state index in [0.717, 1.165) is 0 Å². The third-order valence-electron chi connectivity index (χ3n) is 3.17. The molecule has 0 spiro atoms. The highest BCUT2D eigenvalue weighted by atomic mass is 35.5. The number of allylic oxidation sites excluding steroid dienone is 1. The maximum absolute atomic E-state index is 11.9. The molecule has 7 heteroatoms. The van der Waals surface area contributed by atoms with E-state index < -0.39 is 0 Å². The van der Waals surface area contributed by atoms with E-state index in [1.54, 1.807) is 36.4 Å². The average Bonchev–Trinajstić information content (AvgIpc) is 3.23. The molecule has 0 aliphatic rings. The Morgan fingerprint density at radius 2 is 1.92 bits per heavy atom. The number of hydrogen-bond donors (Lipinski definition) is 0. The van der Waals surface area contributed by atoms with E-state index in [9.17, 15) is 4.79 Å². The SMILES string of the molecule is O=C(/C=C/c1ccc(COc2c(Cl)cc(Cl)cc2Cl)o1)c1cccs1. The Kier molecular flexibility index (Phi) is 5.86. The molecule has 3 nitrogen and oxygen atoms in total. The number of ether oxygens (including phenoxy) is 1. The lowest BCUT2D eigenvalue weighted by Gasteiger charge is -2.08. The molecule has 2 aromatic heterocycles. The smallest absolute Gasteiger partial charge is 0.195 e. The zero-order valence-corrected chi connectivity index (χ0v) is 15.8. The van der Waals surface area contributed by atoms with Crippen molar-refractivity contribution in [3.63, 3.8) is 0 Å². The van der Waals surface area contributed by atoms with E-state index in [4.69, 9.17) is 44.0 Å². The molecule has 0 N–H and O–H groups in total. The van der Waals surface area contributed by atoms with Gasteiger partial charge in [0.1, 0.15) is 18.1 Å². The molecule has 0 amide bonds. The highest BCUT2D eigenvalue weighted by molar-refractivity contribution is 7.12. The van der Waals surface area contributed by atoms with E-state index in [1.165, 1.54) is 17.4 Å². The van der Waals surface area contributed by atoms with Crippen molar-refractivity contribution in [2.75, 3.05) is 0 Å². The summed E-state index contributed by atoms with van der Waals surface area (Å²) in [5.41, 5.74) is 0. The fourth-order valence-electron chi connectivity index (χ4n) is 2.03. The molecule has 0 radical (unpaired) electrons. The standard InChI is InChI=1S/C18H11Cl3O3S/c19-11-8-14(20)18(15(21)9-11)23-10-13-4-3-12(24-13)5-6-16(22)17-2-1-7-25-17/h1-9H,10H2/b6-5+. The zero-order valence-electron chi connectivity index (χ0n) is 12.7. The van der Waals surface area contributed by atoms with Gasteiger partial charge in [-0.2, -0.15) is 0 Å². The molecule has 3 rings (SSSR count). The van der Waals surface area contributed by atoms with Gasteiger partial charge >= 0.3 is 0 Å². The van der Waals surface area contributed by atoms with Crippen molar-refractivity contribution in [3.8, 4) is 5.75 Å². The summed E-state index contributed by atoms with van der Waals surface area (Å²) >= 11 is 19.4. The number of rotatable bonds is 6. The van der Waals surface area contributed by atoms with Gasteiger partial charge in [0.2, 0.25) is 0 Å². The molecule has 25 heavy (non-hydrogen) atoms. The van der Waals surface area contributed by atoms with Crippen LogP contribution < -0.4 is 4.74 Å². The minimum atomic E-state index is -0.0658. The van der Waals surface area contributed by atoms with Gasteiger partial charge in [0.25, 0.3) is 0 Å². The van der Waals surface area contributed by atoms with Crippen LogP contribution in [0.4, 0.5) is 0 Å². The van der Waals surface area contributed by atoms with Crippen molar-refractivity contribution in [2.24, 2.45) is 0 Å². The minimum Gasteiger partial charge on any atom is -0.483 e. The molecule has 2 heterocycles. The monoisotopic (exact) mass is 412 g/mol. The number of ketones is 1. The van der Waals surface area contributed by atoms with Gasteiger partial charge < -0.3 is 9.15 Å². The lowest BCUT2D eigenvalue weighted by molar-refractivity contribution is 0.105. The zero-order chi connectivity index (χ0) is 17.8. The summed E-state index contributed by atoms with van der Waals surface area (Å²) in [6.07, 6.45) is 3.09. The van der Waals surface area contributed by atoms with Gasteiger partial charge in [-0.1, -0.05) is 40.9 Å². The Morgan fingerprint density at radius 3 is 2.60 bits per heavy atom. The normalized spacial score (nSPS) is 11.2. The summed E-state index contributed by atoms with van der Waals surface area (Å²) in [6, 6.07) is 10.2. The van der Waals surface area contributed by atoms with Crippen LogP contribution in [0, 0.1) is 0 Å². The number of benzene rings is 1. The first-order chi connectivity index (χ1) is 12.0. The molecule has 0 atom stereocenters. The summed E-state index contributed by atoms with van der Waals surface area (Å²) in [7, 11) is 0. The van der Waals surface area contributed by atoms with Crippen LogP contribution in [-0.2, 0) is 6.61 Å². The van der Waals surface area contributed by atoms with Gasteiger partial charge in [0.15, 0.2) is 11.5 Å². The Balaban J connectivity index is 1.63. The van der Waals surface area contributed by atoms with E-state index in [2.05, 4.69) is 0 Å². The van der Waals surface area contributed by atoms with E-state index in [1.807, 2.05) is 11.4 Å². The van der Waals surface area contributed by atoms with Crippen molar-refractivity contribution < 1.29 is 13.9 Å². The molecule has 0 aliphatic carbocycles. The predicted molar refractivity (Wildman–Crippen MR) is 102 cm³/mol. The van der Waals surface area contributed by atoms with Gasteiger partial charge in [0, 0.05) is 5.02 Å². The van der Waals surface area contributed by atoms with Crippen LogP contribution in [0.1, 0.15) is 21.2 Å². The Hall–Kier alpha value is -1.72. The summed E-state index contributed by atoms with van der Waals surface area (Å²) in [4.78, 5) is 12.6. The van der Waals surface area contributed by atoms with Crippen LogP contribution in [0.5, 0.6) is 5.75 Å². The largest absolute Gasteiger partial charge is 0.483 e. The molecule has 0 fully saturated rings. The minimum absolute atomic E-state index is 0.0658. The van der Waals surface area contributed by atoms with Crippen molar-refractivity contribution in [3.05, 3.63) is 79.3 Å². The lowest BCUT2D eigenvalue weighted by atomic mass is 10.3. The Bertz CT molecular complexity index is 891. The number of halogens is 3. The van der Waals surface area contributed by atoms with Crippen LogP contribution in [0.3, 0.4) is 0 Å². The molecule has 128 valence electrons. The third-order valence-corrected chi connectivity index (χ3v) is 4.83. The number of thiophene rings is 1. The molecule has 0 saturated heterocycles. The fourth-order valence-corrected chi connectivity index (χ4v) is 3.60. The highest BCUT2D eigenvalue weighted by Crippen LogP contribution is 2.36. The molecule has 0 saturated carbocycles. The maximum atomic E-state index is 11.9. The Morgan fingerprint density at radius 1 is 1.16 bits per heavy atom. The van der Waals surface area contributed by atoms with Crippen LogP contribution in [0.2, 0.25) is 15.1 Å². The maximum Gasteiger partial charge on any atom is 0.195 e. The van der Waals surface area contributed by atoms with Gasteiger partial charge in [0.05, 0.1) is 14.9 Å². The topological polar surface area (TPSA) is 39.4 Å². The van der Waals surface area contributed by atoms with E-state index >= 15 is 0 Å². The molecule has 0 bridgehead atoms. The van der Waals surface area contributed by atoms with Crippen molar-refractivity contribution in [2.45, 2.75) is 6.61 Å². The first-order valence-corrected chi connectivity index (χ1v) is 9.16. The van der Waals surface area contributed by atoms with Gasteiger partial charge in [-0.25, -0.2) is 0 Å². The second-order valence-electron chi connectivity index (χ2n) is 4.97. The first kappa shape index (κ1) is 18.1.